The Balaban J connectivity index is 1.54. The zero-order valence-electron chi connectivity index (χ0n) is 14.0. The van der Waals surface area contributed by atoms with Gasteiger partial charge in [-0.3, -0.25) is 19.3 Å². The molecule has 2 aliphatic rings. The van der Waals surface area contributed by atoms with E-state index in [9.17, 15) is 9.59 Å². The van der Waals surface area contributed by atoms with Crippen LogP contribution < -0.4 is 5.32 Å². The summed E-state index contributed by atoms with van der Waals surface area (Å²) >= 11 is 0. The molecule has 1 aliphatic heterocycles. The average Bonchev–Trinajstić information content (AvgIpc) is 3.27. The molecule has 0 unspecified atom stereocenters. The maximum Gasteiger partial charge on any atom is 0.269 e. The summed E-state index contributed by atoms with van der Waals surface area (Å²) in [5.41, 5.74) is 6.01. The fraction of sp³-hybridized carbons (Fsp3) is 0.200. The number of Topliss-reactive ketones (excluding diaryl/α,β-unsaturated/α-hetero) is 1. The maximum atomic E-state index is 11.9. The molecule has 0 saturated carbocycles. The lowest BCUT2D eigenvalue weighted by Crippen LogP contribution is -2.35. The summed E-state index contributed by atoms with van der Waals surface area (Å²) in [6, 6.07) is 11.6. The molecule has 1 amide bonds. The number of aromatic nitrogens is 3. The van der Waals surface area contributed by atoms with Crippen LogP contribution >= 0.6 is 0 Å². The summed E-state index contributed by atoms with van der Waals surface area (Å²) in [6.45, 7) is 1.28. The Hall–Kier alpha value is -3.28. The van der Waals surface area contributed by atoms with Crippen LogP contribution in [0, 0.1) is 0 Å². The van der Waals surface area contributed by atoms with Crippen molar-refractivity contribution in [2.24, 2.45) is 0 Å². The number of carbonyl (C=O) groups excluding carboxylic acids is 2. The highest BCUT2D eigenvalue weighted by molar-refractivity contribution is 6.01. The first kappa shape index (κ1) is 15.0. The summed E-state index contributed by atoms with van der Waals surface area (Å²) in [5, 5.41) is 7.39. The largest absolute Gasteiger partial charge is 0.349 e. The van der Waals surface area contributed by atoms with Gasteiger partial charge in [0, 0.05) is 35.9 Å². The number of nitrogens with one attached hydrogen (secondary N) is 1. The molecule has 6 heteroatoms. The lowest BCUT2D eigenvalue weighted by Gasteiger charge is -2.13. The van der Waals surface area contributed by atoms with Crippen molar-refractivity contribution < 1.29 is 9.59 Å². The Bertz CT molecular complexity index is 1070. The number of amides is 1. The third-order valence-electron chi connectivity index (χ3n) is 5.00. The van der Waals surface area contributed by atoms with Gasteiger partial charge in [0.2, 0.25) is 0 Å². The van der Waals surface area contributed by atoms with Crippen molar-refractivity contribution >= 4 is 11.7 Å². The molecule has 5 rings (SSSR count). The average molecular weight is 344 g/mol. The number of carbonyl (C=O) groups is 2. The van der Waals surface area contributed by atoms with E-state index in [0.717, 1.165) is 40.1 Å². The molecule has 3 heterocycles. The molecule has 1 N–H and O–H groups in total. The Labute approximate surface area is 149 Å². The van der Waals surface area contributed by atoms with Gasteiger partial charge in [-0.1, -0.05) is 12.1 Å². The van der Waals surface area contributed by atoms with Gasteiger partial charge in [-0.15, -0.1) is 0 Å². The number of rotatable bonds is 2. The van der Waals surface area contributed by atoms with Gasteiger partial charge in [-0.2, -0.15) is 5.10 Å². The van der Waals surface area contributed by atoms with Crippen LogP contribution in [-0.2, 0) is 13.0 Å². The quantitative estimate of drug-likeness (QED) is 0.775. The van der Waals surface area contributed by atoms with Gasteiger partial charge in [-0.05, 0) is 36.2 Å². The predicted molar refractivity (Wildman–Crippen MR) is 95.9 cm³/mol. The summed E-state index contributed by atoms with van der Waals surface area (Å²) < 4.78 is 1.75. The van der Waals surface area contributed by atoms with Crippen LogP contribution in [-0.4, -0.2) is 33.0 Å². The van der Waals surface area contributed by atoms with E-state index in [1.807, 2.05) is 30.3 Å². The van der Waals surface area contributed by atoms with E-state index in [1.165, 1.54) is 0 Å². The normalized spacial score (nSPS) is 15.5. The number of nitrogens with zero attached hydrogens (tertiary/aromatic N) is 3. The molecule has 1 aromatic carbocycles. The lowest BCUT2D eigenvalue weighted by atomic mass is 10.0. The molecule has 0 atom stereocenters. The monoisotopic (exact) mass is 344 g/mol. The Morgan fingerprint density at radius 1 is 0.962 bits per heavy atom. The minimum atomic E-state index is -0.0902. The number of hydrogen-bond donors (Lipinski definition) is 1. The van der Waals surface area contributed by atoms with Crippen LogP contribution in [0.5, 0.6) is 0 Å². The third kappa shape index (κ3) is 2.34. The molecule has 0 radical (unpaired) electrons. The summed E-state index contributed by atoms with van der Waals surface area (Å²) in [5.74, 6) is 0.127. The number of hydrogen-bond acceptors (Lipinski definition) is 4. The highest BCUT2D eigenvalue weighted by atomic mass is 16.2. The van der Waals surface area contributed by atoms with E-state index in [4.69, 9.17) is 0 Å². The first-order valence-electron chi connectivity index (χ1n) is 8.68. The fourth-order valence-electron chi connectivity index (χ4n) is 3.64. The van der Waals surface area contributed by atoms with E-state index >= 15 is 0 Å². The molecule has 0 saturated heterocycles. The summed E-state index contributed by atoms with van der Waals surface area (Å²) in [4.78, 5) is 28.2. The zero-order valence-corrected chi connectivity index (χ0v) is 14.0. The van der Waals surface area contributed by atoms with Crippen molar-refractivity contribution in [1.82, 2.24) is 20.1 Å². The first-order valence-corrected chi connectivity index (χ1v) is 8.68. The fourth-order valence-corrected chi connectivity index (χ4v) is 3.64. The van der Waals surface area contributed by atoms with Crippen molar-refractivity contribution in [2.45, 2.75) is 19.4 Å². The van der Waals surface area contributed by atoms with Crippen LogP contribution in [0.1, 0.15) is 32.8 Å². The standard InChI is InChI=1S/C20H16N4O2/c25-19-4-2-12-9-13(1-3-15(12)19)16-10-14(5-6-21-16)17-11-18-20(26)22-7-8-24(18)23-17/h1,3,5-6,9-11H,2,4,7-8H2,(H,22,26). The summed E-state index contributed by atoms with van der Waals surface area (Å²) in [6.07, 6.45) is 3.14. The summed E-state index contributed by atoms with van der Waals surface area (Å²) in [7, 11) is 0. The number of ketones is 1. The van der Waals surface area contributed by atoms with Crippen LogP contribution in [0.4, 0.5) is 0 Å². The Morgan fingerprint density at radius 2 is 1.85 bits per heavy atom. The molecule has 3 aromatic rings. The van der Waals surface area contributed by atoms with E-state index in [2.05, 4.69) is 21.5 Å². The van der Waals surface area contributed by atoms with Crippen LogP contribution in [0.25, 0.3) is 22.5 Å². The minimum absolute atomic E-state index is 0.0902. The second kappa shape index (κ2) is 5.62. The lowest BCUT2D eigenvalue weighted by molar-refractivity contribution is 0.0923. The van der Waals surface area contributed by atoms with Gasteiger partial charge in [0.15, 0.2) is 5.78 Å². The zero-order chi connectivity index (χ0) is 17.7. The second-order valence-electron chi connectivity index (χ2n) is 6.62. The number of pyridine rings is 1. The number of fused-ring (bicyclic) bond motifs is 2. The molecule has 0 fully saturated rings. The van der Waals surface area contributed by atoms with Crippen LogP contribution in [0.15, 0.2) is 42.6 Å². The topological polar surface area (TPSA) is 76.9 Å². The van der Waals surface area contributed by atoms with Crippen molar-refractivity contribution in [3.8, 4) is 22.5 Å². The van der Waals surface area contributed by atoms with Gasteiger partial charge < -0.3 is 5.32 Å². The van der Waals surface area contributed by atoms with Crippen molar-refractivity contribution in [3.63, 3.8) is 0 Å². The van der Waals surface area contributed by atoms with Gasteiger partial charge in [0.1, 0.15) is 5.69 Å². The Kier molecular flexibility index (Phi) is 3.25. The van der Waals surface area contributed by atoms with Gasteiger partial charge >= 0.3 is 0 Å². The molecule has 0 bridgehead atoms. The highest BCUT2D eigenvalue weighted by Crippen LogP contribution is 2.29. The van der Waals surface area contributed by atoms with E-state index in [0.29, 0.717) is 25.2 Å². The van der Waals surface area contributed by atoms with E-state index in [-0.39, 0.29) is 11.7 Å². The smallest absolute Gasteiger partial charge is 0.269 e. The second-order valence-corrected chi connectivity index (χ2v) is 6.62. The predicted octanol–water partition coefficient (Wildman–Crippen LogP) is 2.48. The van der Waals surface area contributed by atoms with E-state index in [1.54, 1.807) is 10.9 Å². The van der Waals surface area contributed by atoms with Crippen molar-refractivity contribution in [1.29, 1.82) is 0 Å². The third-order valence-corrected chi connectivity index (χ3v) is 5.00. The minimum Gasteiger partial charge on any atom is -0.349 e. The molecule has 26 heavy (non-hydrogen) atoms. The molecule has 0 spiro atoms. The Morgan fingerprint density at radius 3 is 2.73 bits per heavy atom. The number of aryl methyl sites for hydroxylation is 1. The SMILES string of the molecule is O=C1CCc2cc(-c3cc(-c4cc5n(n4)CCNC5=O)ccn3)ccc21. The number of benzene rings is 1. The molecular formula is C20H16N4O2. The van der Waals surface area contributed by atoms with Crippen molar-refractivity contribution in [3.05, 3.63) is 59.4 Å². The molecule has 2 aromatic heterocycles. The van der Waals surface area contributed by atoms with Gasteiger partial charge in [-0.25, -0.2) is 0 Å². The first-order chi connectivity index (χ1) is 12.7. The van der Waals surface area contributed by atoms with Crippen LogP contribution in [0.3, 0.4) is 0 Å². The molecule has 128 valence electrons. The van der Waals surface area contributed by atoms with Gasteiger partial charge in [0.25, 0.3) is 5.91 Å². The van der Waals surface area contributed by atoms with E-state index < -0.39 is 0 Å². The van der Waals surface area contributed by atoms with Crippen LogP contribution in [0.2, 0.25) is 0 Å². The molecule has 1 aliphatic carbocycles. The van der Waals surface area contributed by atoms with Crippen molar-refractivity contribution in [2.75, 3.05) is 6.54 Å². The highest BCUT2D eigenvalue weighted by Gasteiger charge is 2.21. The molecule has 6 nitrogen and oxygen atoms in total. The molecular weight excluding hydrogens is 328 g/mol. The maximum absolute atomic E-state index is 11.9. The van der Waals surface area contributed by atoms with Gasteiger partial charge in [0.05, 0.1) is 17.9 Å².